The third kappa shape index (κ3) is 4.74. The fourth-order valence-corrected chi connectivity index (χ4v) is 4.90. The van der Waals surface area contributed by atoms with Gasteiger partial charge in [0.1, 0.15) is 5.75 Å². The van der Waals surface area contributed by atoms with E-state index >= 15 is 0 Å². The number of fused-ring (bicyclic) bond motifs is 1. The molecule has 1 saturated heterocycles. The van der Waals surface area contributed by atoms with E-state index in [1.165, 1.54) is 29.0 Å². The van der Waals surface area contributed by atoms with E-state index in [2.05, 4.69) is 32.9 Å². The second-order valence-corrected chi connectivity index (χ2v) is 9.29. The van der Waals surface area contributed by atoms with Crippen LogP contribution in [0.5, 0.6) is 11.5 Å². The molecule has 4 aromatic rings. The molecule has 5 rings (SSSR count). The van der Waals surface area contributed by atoms with Crippen molar-refractivity contribution in [1.29, 1.82) is 0 Å². The van der Waals surface area contributed by atoms with E-state index in [4.69, 9.17) is 4.74 Å². The maximum Gasteiger partial charge on any atom is 0.272 e. The Hall–Kier alpha value is -3.47. The molecule has 1 aliphatic heterocycles. The Bertz CT molecular complexity index is 1340. The van der Waals surface area contributed by atoms with Crippen LogP contribution >= 0.6 is 11.3 Å². The number of likely N-dealkylation sites (N-methyl/N-ethyl adjacent to an activating group) is 1. The van der Waals surface area contributed by atoms with Crippen LogP contribution in [0.4, 0.5) is 10.1 Å². The number of piperazine rings is 1. The van der Waals surface area contributed by atoms with Gasteiger partial charge in [-0.3, -0.25) is 25.0 Å². The molecule has 3 aromatic heterocycles. The molecule has 34 heavy (non-hydrogen) atoms. The number of ether oxygens (including phenoxy) is 1. The SMILES string of the molecule is CN1CCN(Cc2ccc(-c3cc4nccc(Oc5ccc([N+](=O)[O-])cc5F)c4s3)nc2)CC1. The number of hydrogen-bond acceptors (Lipinski definition) is 8. The predicted molar refractivity (Wildman–Crippen MR) is 129 cm³/mol. The van der Waals surface area contributed by atoms with Crippen LogP contribution in [-0.2, 0) is 6.54 Å². The highest BCUT2D eigenvalue weighted by molar-refractivity contribution is 7.22. The van der Waals surface area contributed by atoms with Crippen molar-refractivity contribution in [2.75, 3.05) is 33.2 Å². The zero-order chi connectivity index (χ0) is 23.7. The van der Waals surface area contributed by atoms with Gasteiger partial charge in [0.25, 0.3) is 5.69 Å². The van der Waals surface area contributed by atoms with Gasteiger partial charge in [0.05, 0.1) is 31.8 Å². The van der Waals surface area contributed by atoms with Crippen molar-refractivity contribution < 1.29 is 14.1 Å². The molecule has 1 aliphatic rings. The second kappa shape index (κ2) is 9.41. The molecular formula is C24H22FN5O3S. The summed E-state index contributed by atoms with van der Waals surface area (Å²) in [7, 11) is 2.15. The topological polar surface area (TPSA) is 84.6 Å². The summed E-state index contributed by atoms with van der Waals surface area (Å²) in [4.78, 5) is 25.0. The maximum absolute atomic E-state index is 14.3. The molecular weight excluding hydrogens is 457 g/mol. The molecule has 0 amide bonds. The quantitative estimate of drug-likeness (QED) is 0.286. The lowest BCUT2D eigenvalue weighted by molar-refractivity contribution is -0.385. The number of benzene rings is 1. The monoisotopic (exact) mass is 479 g/mol. The van der Waals surface area contributed by atoms with Gasteiger partial charge in [0, 0.05) is 57.3 Å². The predicted octanol–water partition coefficient (Wildman–Crippen LogP) is 4.95. The maximum atomic E-state index is 14.3. The summed E-state index contributed by atoms with van der Waals surface area (Å²) in [6.07, 6.45) is 3.50. The third-order valence-electron chi connectivity index (χ3n) is 5.80. The number of nitro benzene ring substituents is 1. The number of rotatable bonds is 6. The van der Waals surface area contributed by atoms with Crippen LogP contribution < -0.4 is 4.74 Å². The average molecular weight is 480 g/mol. The summed E-state index contributed by atoms with van der Waals surface area (Å²) in [5.74, 6) is -0.450. The number of hydrogen-bond donors (Lipinski definition) is 0. The molecule has 8 nitrogen and oxygen atoms in total. The Kier molecular flexibility index (Phi) is 6.18. The van der Waals surface area contributed by atoms with Gasteiger partial charge in [0.2, 0.25) is 0 Å². The minimum Gasteiger partial charge on any atom is -0.453 e. The molecule has 174 valence electrons. The van der Waals surface area contributed by atoms with Gasteiger partial charge in [-0.1, -0.05) is 6.07 Å². The standard InChI is InChI=1S/C24H22FN5O3S/c1-28-8-10-29(11-9-28)15-16-2-4-19(27-14-16)23-13-20-24(34-23)22(6-7-26-20)33-21-5-3-17(30(31)32)12-18(21)25/h2-7,12-14H,8-11,15H2,1H3. The third-order valence-corrected chi connectivity index (χ3v) is 6.96. The number of halogens is 1. The zero-order valence-electron chi connectivity index (χ0n) is 18.5. The van der Waals surface area contributed by atoms with Gasteiger partial charge in [-0.2, -0.15) is 0 Å². The minimum atomic E-state index is -0.798. The summed E-state index contributed by atoms with van der Waals surface area (Å²) in [5, 5.41) is 10.8. The van der Waals surface area contributed by atoms with Crippen molar-refractivity contribution in [2.24, 2.45) is 0 Å². The first-order chi connectivity index (χ1) is 16.5. The first-order valence-electron chi connectivity index (χ1n) is 10.8. The Labute approximate surface area is 199 Å². The smallest absolute Gasteiger partial charge is 0.272 e. The first kappa shape index (κ1) is 22.3. The lowest BCUT2D eigenvalue weighted by Gasteiger charge is -2.32. The minimum absolute atomic E-state index is 0.0839. The van der Waals surface area contributed by atoms with Gasteiger partial charge in [-0.15, -0.1) is 11.3 Å². The van der Waals surface area contributed by atoms with E-state index < -0.39 is 10.7 Å². The van der Waals surface area contributed by atoms with Crippen molar-refractivity contribution >= 4 is 27.2 Å². The number of nitrogens with zero attached hydrogens (tertiary/aromatic N) is 5. The van der Waals surface area contributed by atoms with E-state index in [0.717, 1.165) is 54.1 Å². The van der Waals surface area contributed by atoms with E-state index in [1.54, 1.807) is 12.3 Å². The number of pyridine rings is 2. The second-order valence-electron chi connectivity index (χ2n) is 8.24. The van der Waals surface area contributed by atoms with Gasteiger partial charge in [-0.05, 0) is 30.8 Å². The first-order valence-corrected chi connectivity index (χ1v) is 11.6. The van der Waals surface area contributed by atoms with E-state index in [1.807, 2.05) is 18.3 Å². The van der Waals surface area contributed by atoms with Crippen LogP contribution in [-0.4, -0.2) is 57.9 Å². The summed E-state index contributed by atoms with van der Waals surface area (Å²) in [6, 6.07) is 11.0. The van der Waals surface area contributed by atoms with Crippen molar-refractivity contribution in [3.8, 4) is 22.1 Å². The Balaban J connectivity index is 1.36. The van der Waals surface area contributed by atoms with E-state index in [-0.39, 0.29) is 11.4 Å². The number of non-ortho nitro benzene ring substituents is 1. The Morgan fingerprint density at radius 2 is 1.91 bits per heavy atom. The van der Waals surface area contributed by atoms with Crippen LogP contribution in [0.1, 0.15) is 5.56 Å². The number of thiophene rings is 1. The molecule has 0 bridgehead atoms. The molecule has 0 spiro atoms. The van der Waals surface area contributed by atoms with Crippen molar-refractivity contribution in [3.63, 3.8) is 0 Å². The normalized spacial score (nSPS) is 15.0. The van der Waals surface area contributed by atoms with Gasteiger partial charge >= 0.3 is 0 Å². The highest BCUT2D eigenvalue weighted by Crippen LogP contribution is 2.39. The van der Waals surface area contributed by atoms with Gasteiger partial charge in [0.15, 0.2) is 11.6 Å². The summed E-state index contributed by atoms with van der Waals surface area (Å²) < 4.78 is 20.8. The van der Waals surface area contributed by atoms with Gasteiger partial charge in [-0.25, -0.2) is 4.39 Å². The van der Waals surface area contributed by atoms with Crippen molar-refractivity contribution in [2.45, 2.75) is 6.54 Å². The van der Waals surface area contributed by atoms with Gasteiger partial charge < -0.3 is 9.64 Å². The molecule has 0 aliphatic carbocycles. The zero-order valence-corrected chi connectivity index (χ0v) is 19.3. The van der Waals surface area contributed by atoms with Crippen LogP contribution in [0.25, 0.3) is 20.8 Å². The fourth-order valence-electron chi connectivity index (χ4n) is 3.85. The lowest BCUT2D eigenvalue weighted by atomic mass is 10.2. The molecule has 0 radical (unpaired) electrons. The molecule has 0 saturated carbocycles. The van der Waals surface area contributed by atoms with Crippen molar-refractivity contribution in [1.82, 2.24) is 19.8 Å². The van der Waals surface area contributed by atoms with Crippen LogP contribution in [0.2, 0.25) is 0 Å². The fraction of sp³-hybridized carbons (Fsp3) is 0.250. The molecule has 0 atom stereocenters. The lowest BCUT2D eigenvalue weighted by Crippen LogP contribution is -2.43. The van der Waals surface area contributed by atoms with Crippen LogP contribution in [0.3, 0.4) is 0 Å². The van der Waals surface area contributed by atoms with E-state index in [9.17, 15) is 14.5 Å². The Morgan fingerprint density at radius 1 is 1.09 bits per heavy atom. The summed E-state index contributed by atoms with van der Waals surface area (Å²) in [5.41, 5.74) is 2.39. The molecule has 1 fully saturated rings. The van der Waals surface area contributed by atoms with Crippen molar-refractivity contribution in [3.05, 3.63) is 76.4 Å². The largest absolute Gasteiger partial charge is 0.453 e. The van der Waals surface area contributed by atoms with Crippen LogP contribution in [0, 0.1) is 15.9 Å². The molecule has 10 heteroatoms. The molecule has 0 N–H and O–H groups in total. The highest BCUT2D eigenvalue weighted by Gasteiger charge is 2.17. The summed E-state index contributed by atoms with van der Waals surface area (Å²) in [6.45, 7) is 5.15. The highest BCUT2D eigenvalue weighted by atomic mass is 32.1. The van der Waals surface area contributed by atoms with E-state index in [0.29, 0.717) is 11.3 Å². The number of nitro groups is 1. The molecule has 1 aromatic carbocycles. The molecule has 0 unspecified atom stereocenters. The van der Waals surface area contributed by atoms with Crippen LogP contribution in [0.15, 0.2) is 54.9 Å². The number of aromatic nitrogens is 2. The average Bonchev–Trinajstić information content (AvgIpc) is 3.27. The summed E-state index contributed by atoms with van der Waals surface area (Å²) >= 11 is 1.46. The molecule has 4 heterocycles. The Morgan fingerprint density at radius 3 is 2.62 bits per heavy atom.